The van der Waals surface area contributed by atoms with Crippen molar-refractivity contribution in [3.05, 3.63) is 40.9 Å². The maximum atomic E-state index is 12.4. The summed E-state index contributed by atoms with van der Waals surface area (Å²) in [6.07, 6.45) is -3.34. The molecule has 0 aliphatic rings. The number of alkyl halides is 3. The molecule has 0 radical (unpaired) electrons. The lowest BCUT2D eigenvalue weighted by Crippen LogP contribution is -2.09. The van der Waals surface area contributed by atoms with E-state index in [0.717, 1.165) is 11.3 Å². The van der Waals surface area contributed by atoms with Gasteiger partial charge in [-0.25, -0.2) is 4.79 Å². The Morgan fingerprint density at radius 1 is 1.35 bits per heavy atom. The molecule has 0 bridgehead atoms. The second-order valence-electron chi connectivity index (χ2n) is 4.37. The first-order valence-corrected chi connectivity index (χ1v) is 6.91. The highest BCUT2D eigenvalue weighted by atomic mass is 32.1. The smallest absolute Gasteiger partial charge is 0.471 e. The van der Waals surface area contributed by atoms with Crippen LogP contribution in [-0.2, 0) is 12.7 Å². The van der Waals surface area contributed by atoms with Gasteiger partial charge in [-0.2, -0.15) is 23.3 Å². The molecule has 0 fully saturated rings. The molecule has 23 heavy (non-hydrogen) atoms. The van der Waals surface area contributed by atoms with Crippen molar-refractivity contribution in [2.45, 2.75) is 12.7 Å². The zero-order valence-corrected chi connectivity index (χ0v) is 11.9. The van der Waals surface area contributed by atoms with Crippen LogP contribution in [0, 0.1) is 0 Å². The van der Waals surface area contributed by atoms with Gasteiger partial charge in [0, 0.05) is 11.1 Å². The number of carboxylic acid groups (broad SMARTS) is 1. The lowest BCUT2D eigenvalue weighted by Gasteiger charge is -2.01. The van der Waals surface area contributed by atoms with Crippen molar-refractivity contribution in [1.29, 1.82) is 0 Å². The first-order chi connectivity index (χ1) is 10.8. The number of halogens is 3. The first kappa shape index (κ1) is 15.2. The third-order valence-corrected chi connectivity index (χ3v) is 3.86. The Kier molecular flexibility index (Phi) is 3.64. The monoisotopic (exact) mass is 344 g/mol. The maximum Gasteiger partial charge on any atom is 0.471 e. The molecule has 120 valence electrons. The van der Waals surface area contributed by atoms with Crippen LogP contribution in [-0.4, -0.2) is 31.0 Å². The van der Waals surface area contributed by atoms with E-state index in [2.05, 4.69) is 19.8 Å². The number of hydrogen-bond acceptors (Lipinski definition) is 6. The van der Waals surface area contributed by atoms with Gasteiger partial charge in [0.2, 0.25) is 5.82 Å². The minimum atomic E-state index is -4.70. The number of rotatable bonds is 4. The summed E-state index contributed by atoms with van der Waals surface area (Å²) in [5, 5.41) is 16.2. The van der Waals surface area contributed by atoms with Crippen molar-refractivity contribution in [1.82, 2.24) is 19.9 Å². The van der Waals surface area contributed by atoms with E-state index in [9.17, 15) is 18.0 Å². The molecule has 3 aromatic heterocycles. The van der Waals surface area contributed by atoms with Crippen LogP contribution in [0.4, 0.5) is 13.2 Å². The average Bonchev–Trinajstić information content (AvgIpc) is 3.17. The van der Waals surface area contributed by atoms with E-state index >= 15 is 0 Å². The zero-order valence-electron chi connectivity index (χ0n) is 11.1. The number of hydrogen-bond donors (Lipinski definition) is 1. The summed E-state index contributed by atoms with van der Waals surface area (Å²) in [4.78, 5) is 15.4. The number of aromatic nitrogens is 4. The van der Waals surface area contributed by atoms with Crippen LogP contribution in [0.2, 0.25) is 0 Å². The number of aromatic carboxylic acids is 1. The normalized spacial score (nSPS) is 11.8. The first-order valence-electron chi connectivity index (χ1n) is 6.09. The Bertz CT molecular complexity index is 852. The van der Waals surface area contributed by atoms with Crippen molar-refractivity contribution in [2.75, 3.05) is 0 Å². The van der Waals surface area contributed by atoms with Gasteiger partial charge in [0.1, 0.15) is 5.69 Å². The molecule has 0 amide bonds. The van der Waals surface area contributed by atoms with Gasteiger partial charge in [-0.3, -0.25) is 4.68 Å². The molecule has 0 saturated heterocycles. The minimum Gasteiger partial charge on any atom is -0.477 e. The van der Waals surface area contributed by atoms with Crippen molar-refractivity contribution in [2.24, 2.45) is 0 Å². The summed E-state index contributed by atoms with van der Waals surface area (Å²) in [5.41, 5.74) is 0.0128. The fourth-order valence-corrected chi connectivity index (χ4v) is 2.73. The molecular weight excluding hydrogens is 337 g/mol. The molecule has 3 aromatic rings. The Morgan fingerprint density at radius 3 is 2.78 bits per heavy atom. The molecule has 0 spiro atoms. The molecule has 3 rings (SSSR count). The fourth-order valence-electron chi connectivity index (χ4n) is 1.81. The average molecular weight is 344 g/mol. The van der Waals surface area contributed by atoms with E-state index < -0.39 is 18.0 Å². The summed E-state index contributed by atoms with van der Waals surface area (Å²) in [5.74, 6) is -2.71. The zero-order chi connectivity index (χ0) is 16.6. The number of carbonyl (C=O) groups is 1. The topological polar surface area (TPSA) is 94.0 Å². The van der Waals surface area contributed by atoms with Crippen LogP contribution >= 0.6 is 11.3 Å². The summed E-state index contributed by atoms with van der Waals surface area (Å²) < 4.78 is 42.8. The Balaban J connectivity index is 1.82. The van der Waals surface area contributed by atoms with E-state index in [1.54, 1.807) is 6.07 Å². The summed E-state index contributed by atoms with van der Waals surface area (Å²) in [7, 11) is 0. The minimum absolute atomic E-state index is 0.0128. The predicted octanol–water partition coefficient (Wildman–Crippen LogP) is 2.76. The van der Waals surface area contributed by atoms with Crippen molar-refractivity contribution in [3.8, 4) is 10.7 Å². The van der Waals surface area contributed by atoms with E-state index in [1.807, 2.05) is 0 Å². The number of thiophene rings is 1. The highest BCUT2D eigenvalue weighted by molar-refractivity contribution is 7.15. The van der Waals surface area contributed by atoms with Gasteiger partial charge in [-0.15, -0.1) is 11.3 Å². The second-order valence-corrected chi connectivity index (χ2v) is 5.53. The molecule has 1 N–H and O–H groups in total. The summed E-state index contributed by atoms with van der Waals surface area (Å²) >= 11 is 1.12. The lowest BCUT2D eigenvalue weighted by atomic mass is 10.4. The largest absolute Gasteiger partial charge is 0.477 e. The van der Waals surface area contributed by atoms with Gasteiger partial charge in [0.25, 0.3) is 0 Å². The van der Waals surface area contributed by atoms with Crippen LogP contribution in [0.15, 0.2) is 28.9 Å². The third-order valence-electron chi connectivity index (χ3n) is 2.79. The Labute approximate surface area is 130 Å². The van der Waals surface area contributed by atoms with Crippen LogP contribution in [0.25, 0.3) is 10.7 Å². The molecule has 0 aliphatic heterocycles. The lowest BCUT2D eigenvalue weighted by molar-refractivity contribution is -0.159. The molecule has 7 nitrogen and oxygen atoms in total. The SMILES string of the molecule is O=C(O)c1ccnn1Cc1ccc(-c2noc(C(F)(F)F)n2)s1. The van der Waals surface area contributed by atoms with Gasteiger partial charge in [-0.05, 0) is 18.2 Å². The Hall–Kier alpha value is -2.69. The maximum absolute atomic E-state index is 12.4. The third kappa shape index (κ3) is 3.08. The standard InChI is InChI=1S/C12H7F3N4O3S/c13-12(14,15)11-17-9(18-22-11)8-2-1-6(23-8)5-19-7(10(20)21)3-4-16-19/h1-4H,5H2,(H,20,21). The molecule has 0 atom stereocenters. The molecule has 11 heteroatoms. The molecule has 0 aliphatic carbocycles. The molecule has 3 heterocycles. The molecule has 0 saturated carbocycles. The van der Waals surface area contributed by atoms with Crippen LogP contribution in [0.5, 0.6) is 0 Å². The number of nitrogens with zero attached hydrogens (tertiary/aromatic N) is 4. The van der Waals surface area contributed by atoms with Crippen LogP contribution < -0.4 is 0 Å². The highest BCUT2D eigenvalue weighted by Gasteiger charge is 2.38. The van der Waals surface area contributed by atoms with Gasteiger partial charge in [0.15, 0.2) is 0 Å². The fraction of sp³-hybridized carbons (Fsp3) is 0.167. The highest BCUT2D eigenvalue weighted by Crippen LogP contribution is 2.31. The van der Waals surface area contributed by atoms with E-state index in [-0.39, 0.29) is 18.1 Å². The summed E-state index contributed by atoms with van der Waals surface area (Å²) in [6.45, 7) is 0.170. The predicted molar refractivity (Wildman–Crippen MR) is 70.9 cm³/mol. The van der Waals surface area contributed by atoms with Crippen molar-refractivity contribution < 1.29 is 27.6 Å². The quantitative estimate of drug-likeness (QED) is 0.782. The molecule has 0 unspecified atom stereocenters. The van der Waals surface area contributed by atoms with Crippen LogP contribution in [0.1, 0.15) is 21.3 Å². The van der Waals surface area contributed by atoms with Gasteiger partial charge < -0.3 is 9.63 Å². The number of carboxylic acids is 1. The van der Waals surface area contributed by atoms with E-state index in [0.29, 0.717) is 9.75 Å². The van der Waals surface area contributed by atoms with Crippen molar-refractivity contribution >= 4 is 17.3 Å². The molecule has 0 aromatic carbocycles. The van der Waals surface area contributed by atoms with Crippen molar-refractivity contribution in [3.63, 3.8) is 0 Å². The summed E-state index contributed by atoms with van der Waals surface area (Å²) in [6, 6.07) is 4.53. The second kappa shape index (κ2) is 5.50. The van der Waals surface area contributed by atoms with E-state index in [4.69, 9.17) is 5.11 Å². The van der Waals surface area contributed by atoms with E-state index in [1.165, 1.54) is 23.0 Å². The van der Waals surface area contributed by atoms with Gasteiger partial charge in [-0.1, -0.05) is 5.16 Å². The Morgan fingerprint density at radius 2 is 2.13 bits per heavy atom. The van der Waals surface area contributed by atoms with Gasteiger partial charge in [0.05, 0.1) is 11.4 Å². The molecular formula is C12H7F3N4O3S. The van der Waals surface area contributed by atoms with Gasteiger partial charge >= 0.3 is 18.0 Å². The van der Waals surface area contributed by atoms with Crippen LogP contribution in [0.3, 0.4) is 0 Å².